The molecule has 134 valence electrons. The number of hydrogen-bond donors (Lipinski definition) is 1. The summed E-state index contributed by atoms with van der Waals surface area (Å²) in [5.41, 5.74) is 0.989. The van der Waals surface area contributed by atoms with Crippen molar-refractivity contribution in [3.05, 3.63) is 65.4 Å². The number of nitrogens with zero attached hydrogens (tertiary/aromatic N) is 3. The molecule has 2 heterocycles. The minimum Gasteiger partial charge on any atom is -0.350 e. The van der Waals surface area contributed by atoms with Crippen molar-refractivity contribution in [2.24, 2.45) is 0 Å². The van der Waals surface area contributed by atoms with Crippen LogP contribution >= 0.6 is 23.1 Å². The molecule has 26 heavy (non-hydrogen) atoms. The van der Waals surface area contributed by atoms with Crippen molar-refractivity contribution < 1.29 is 4.79 Å². The maximum Gasteiger partial charge on any atom is 0.233 e. The van der Waals surface area contributed by atoms with Gasteiger partial charge in [-0.25, -0.2) is 0 Å². The van der Waals surface area contributed by atoms with Crippen LogP contribution in [0.15, 0.2) is 65.7 Å². The standard InChI is InChI=1S/C19H20N4OS2/c1-3-11-23-17(15-8-5-4-6-9-15)21-22-19(23)26-14(2)18(24)20-13-16-10-7-12-25-16/h3-10,12,14H,1,11,13H2,2H3,(H,20,24)/t14-/m1/s1. The summed E-state index contributed by atoms with van der Waals surface area (Å²) in [6, 6.07) is 13.9. The molecule has 0 spiro atoms. The zero-order chi connectivity index (χ0) is 18.4. The topological polar surface area (TPSA) is 59.8 Å². The van der Waals surface area contributed by atoms with E-state index in [1.54, 1.807) is 17.4 Å². The Balaban J connectivity index is 1.71. The van der Waals surface area contributed by atoms with Gasteiger partial charge in [0.05, 0.1) is 11.8 Å². The van der Waals surface area contributed by atoms with Crippen LogP contribution in [-0.4, -0.2) is 25.9 Å². The summed E-state index contributed by atoms with van der Waals surface area (Å²) >= 11 is 3.04. The van der Waals surface area contributed by atoms with Crippen molar-refractivity contribution in [2.45, 2.75) is 30.4 Å². The summed E-state index contributed by atoms with van der Waals surface area (Å²) in [6.45, 7) is 6.84. The molecule has 0 radical (unpaired) electrons. The predicted octanol–water partition coefficient (Wildman–Crippen LogP) is 3.99. The van der Waals surface area contributed by atoms with Gasteiger partial charge in [-0.3, -0.25) is 9.36 Å². The van der Waals surface area contributed by atoms with E-state index in [2.05, 4.69) is 22.1 Å². The van der Waals surface area contributed by atoms with Crippen molar-refractivity contribution >= 4 is 29.0 Å². The van der Waals surface area contributed by atoms with E-state index in [1.807, 2.05) is 59.3 Å². The number of thioether (sulfide) groups is 1. The van der Waals surface area contributed by atoms with E-state index in [0.29, 0.717) is 18.2 Å². The molecule has 5 nitrogen and oxygen atoms in total. The van der Waals surface area contributed by atoms with Crippen molar-refractivity contribution in [3.8, 4) is 11.4 Å². The molecule has 0 aliphatic rings. The number of carbonyl (C=O) groups is 1. The molecule has 3 rings (SSSR count). The monoisotopic (exact) mass is 384 g/mol. The molecule has 3 aromatic rings. The van der Waals surface area contributed by atoms with E-state index in [-0.39, 0.29) is 11.2 Å². The molecule has 1 atom stereocenters. The van der Waals surface area contributed by atoms with Gasteiger partial charge in [-0.05, 0) is 18.4 Å². The molecule has 0 unspecified atom stereocenters. The Labute approximate surface area is 161 Å². The molecule has 0 fully saturated rings. The lowest BCUT2D eigenvalue weighted by Crippen LogP contribution is -2.30. The second-order valence-electron chi connectivity index (χ2n) is 5.63. The summed E-state index contributed by atoms with van der Waals surface area (Å²) < 4.78 is 1.98. The first-order valence-corrected chi connectivity index (χ1v) is 10.0. The second-order valence-corrected chi connectivity index (χ2v) is 7.97. The number of rotatable bonds is 8. The van der Waals surface area contributed by atoms with Crippen molar-refractivity contribution in [1.29, 1.82) is 0 Å². The zero-order valence-electron chi connectivity index (χ0n) is 14.5. The number of hydrogen-bond acceptors (Lipinski definition) is 5. The van der Waals surface area contributed by atoms with Gasteiger partial charge in [0.2, 0.25) is 5.91 Å². The van der Waals surface area contributed by atoms with E-state index in [0.717, 1.165) is 16.3 Å². The van der Waals surface area contributed by atoms with Gasteiger partial charge in [-0.2, -0.15) is 0 Å². The Hall–Kier alpha value is -2.38. The number of thiophene rings is 1. The zero-order valence-corrected chi connectivity index (χ0v) is 16.1. The second kappa shape index (κ2) is 8.82. The highest BCUT2D eigenvalue weighted by Crippen LogP contribution is 2.27. The summed E-state index contributed by atoms with van der Waals surface area (Å²) in [7, 11) is 0. The molecular formula is C19H20N4OS2. The van der Waals surface area contributed by atoms with Gasteiger partial charge in [0.25, 0.3) is 0 Å². The van der Waals surface area contributed by atoms with Crippen LogP contribution < -0.4 is 5.32 Å². The van der Waals surface area contributed by atoms with E-state index >= 15 is 0 Å². The third-order valence-electron chi connectivity index (χ3n) is 3.73. The van der Waals surface area contributed by atoms with Gasteiger partial charge < -0.3 is 5.32 Å². The van der Waals surface area contributed by atoms with E-state index < -0.39 is 0 Å². The Morgan fingerprint density at radius 3 is 2.81 bits per heavy atom. The smallest absolute Gasteiger partial charge is 0.233 e. The van der Waals surface area contributed by atoms with Crippen molar-refractivity contribution in [1.82, 2.24) is 20.1 Å². The SMILES string of the molecule is C=CCn1c(S[C@H](C)C(=O)NCc2cccs2)nnc1-c1ccccc1. The largest absolute Gasteiger partial charge is 0.350 e. The fourth-order valence-electron chi connectivity index (χ4n) is 2.41. The molecule has 1 N–H and O–H groups in total. The quantitative estimate of drug-likeness (QED) is 0.471. The lowest BCUT2D eigenvalue weighted by atomic mass is 10.2. The Morgan fingerprint density at radius 2 is 2.12 bits per heavy atom. The van der Waals surface area contributed by atoms with Gasteiger partial charge >= 0.3 is 0 Å². The molecule has 0 aliphatic carbocycles. The van der Waals surface area contributed by atoms with Crippen LogP contribution in [0, 0.1) is 0 Å². The van der Waals surface area contributed by atoms with E-state index in [9.17, 15) is 4.79 Å². The molecule has 0 saturated heterocycles. The molecule has 2 aromatic heterocycles. The average molecular weight is 385 g/mol. The molecule has 0 saturated carbocycles. The molecule has 1 aromatic carbocycles. The average Bonchev–Trinajstić information content (AvgIpc) is 3.31. The summed E-state index contributed by atoms with van der Waals surface area (Å²) in [6.07, 6.45) is 1.81. The van der Waals surface area contributed by atoms with Crippen molar-refractivity contribution in [3.63, 3.8) is 0 Å². The Kier molecular flexibility index (Phi) is 6.25. The predicted molar refractivity (Wildman–Crippen MR) is 107 cm³/mol. The highest BCUT2D eigenvalue weighted by atomic mass is 32.2. The van der Waals surface area contributed by atoms with E-state index in [1.165, 1.54) is 11.8 Å². The molecule has 0 aliphatic heterocycles. The van der Waals surface area contributed by atoms with E-state index in [4.69, 9.17) is 0 Å². The third kappa shape index (κ3) is 4.42. The lowest BCUT2D eigenvalue weighted by Gasteiger charge is -2.12. The fraction of sp³-hybridized carbons (Fsp3) is 0.211. The van der Waals surface area contributed by atoms with Gasteiger partial charge in [0, 0.05) is 17.0 Å². The van der Waals surface area contributed by atoms with Gasteiger partial charge in [0.15, 0.2) is 11.0 Å². The number of allylic oxidation sites excluding steroid dienone is 1. The summed E-state index contributed by atoms with van der Waals surface area (Å²) in [5, 5.41) is 14.0. The van der Waals surface area contributed by atoms with Crippen LogP contribution in [-0.2, 0) is 17.9 Å². The highest BCUT2D eigenvalue weighted by Gasteiger charge is 2.20. The third-order valence-corrected chi connectivity index (χ3v) is 5.69. The first-order chi connectivity index (χ1) is 12.7. The molecule has 1 amide bonds. The highest BCUT2D eigenvalue weighted by molar-refractivity contribution is 8.00. The number of amides is 1. The summed E-state index contributed by atoms with van der Waals surface area (Å²) in [4.78, 5) is 13.5. The fourth-order valence-corrected chi connectivity index (χ4v) is 3.94. The van der Waals surface area contributed by atoms with Gasteiger partial charge in [-0.1, -0.05) is 54.2 Å². The number of aromatic nitrogens is 3. The first kappa shape index (κ1) is 18.4. The molecular weight excluding hydrogens is 364 g/mol. The normalized spacial score (nSPS) is 11.9. The molecule has 7 heteroatoms. The Morgan fingerprint density at radius 1 is 1.31 bits per heavy atom. The van der Waals surface area contributed by atoms with Crippen LogP contribution in [0.1, 0.15) is 11.8 Å². The number of carbonyl (C=O) groups excluding carboxylic acids is 1. The van der Waals surface area contributed by atoms with Crippen LogP contribution in [0.25, 0.3) is 11.4 Å². The van der Waals surface area contributed by atoms with Crippen LogP contribution in [0.2, 0.25) is 0 Å². The van der Waals surface area contributed by atoms with Crippen LogP contribution in [0.5, 0.6) is 0 Å². The summed E-state index contributed by atoms with van der Waals surface area (Å²) in [5.74, 6) is 0.761. The first-order valence-electron chi connectivity index (χ1n) is 8.25. The maximum atomic E-state index is 12.4. The Bertz CT molecular complexity index is 859. The van der Waals surface area contributed by atoms with Gasteiger partial charge in [0.1, 0.15) is 0 Å². The minimum atomic E-state index is -0.272. The number of benzene rings is 1. The van der Waals surface area contributed by atoms with Crippen LogP contribution in [0.3, 0.4) is 0 Å². The minimum absolute atomic E-state index is 0.0159. The lowest BCUT2D eigenvalue weighted by molar-refractivity contribution is -0.120. The van der Waals surface area contributed by atoms with Crippen molar-refractivity contribution in [2.75, 3.05) is 0 Å². The molecule has 0 bridgehead atoms. The van der Waals surface area contributed by atoms with Crippen LogP contribution in [0.4, 0.5) is 0 Å². The number of nitrogens with one attached hydrogen (secondary N) is 1. The van der Waals surface area contributed by atoms with Gasteiger partial charge in [-0.15, -0.1) is 28.1 Å². The maximum absolute atomic E-state index is 12.4.